The lowest BCUT2D eigenvalue weighted by Gasteiger charge is -2.34. The third-order valence-corrected chi connectivity index (χ3v) is 6.96. The highest BCUT2D eigenvalue weighted by molar-refractivity contribution is 7.89. The maximum atomic E-state index is 12.8. The Morgan fingerprint density at radius 1 is 1.00 bits per heavy atom. The van der Waals surface area contributed by atoms with E-state index in [0.717, 1.165) is 12.8 Å². The maximum absolute atomic E-state index is 12.8. The van der Waals surface area contributed by atoms with Crippen LogP contribution in [-0.2, 0) is 14.8 Å². The lowest BCUT2D eigenvalue weighted by atomic mass is 10.2. The molecule has 4 rings (SSSR count). The number of sulfonamides is 1. The number of hydrogen-bond acceptors (Lipinski definition) is 6. The second-order valence-electron chi connectivity index (χ2n) is 7.57. The van der Waals surface area contributed by atoms with Crippen molar-refractivity contribution in [2.24, 2.45) is 0 Å². The van der Waals surface area contributed by atoms with Crippen LogP contribution in [-0.4, -0.2) is 75.5 Å². The molecule has 1 aromatic heterocycles. The van der Waals surface area contributed by atoms with E-state index in [1.54, 1.807) is 21.9 Å². The van der Waals surface area contributed by atoms with Crippen molar-refractivity contribution in [3.8, 4) is 0 Å². The van der Waals surface area contributed by atoms with Gasteiger partial charge in [0.1, 0.15) is 0 Å². The Kier molecular flexibility index (Phi) is 6.40. The molecule has 1 atom stereocenters. The molecule has 2 amide bonds. The van der Waals surface area contributed by atoms with Crippen LogP contribution in [0.25, 0.3) is 0 Å². The number of benzene rings is 1. The molecule has 2 aromatic rings. The van der Waals surface area contributed by atoms with Gasteiger partial charge in [-0.05, 0) is 49.2 Å². The van der Waals surface area contributed by atoms with Gasteiger partial charge in [-0.1, -0.05) is 0 Å². The number of carbonyl (C=O) groups excluding carboxylic acids is 2. The second-order valence-corrected chi connectivity index (χ2v) is 9.34. The van der Waals surface area contributed by atoms with E-state index in [0.29, 0.717) is 38.3 Å². The molecule has 2 aliphatic rings. The number of nitrogens with zero attached hydrogens (tertiary/aromatic N) is 2. The second kappa shape index (κ2) is 9.21. The van der Waals surface area contributed by atoms with Gasteiger partial charge in [0, 0.05) is 44.9 Å². The first-order chi connectivity index (χ1) is 14.9. The average molecular weight is 448 g/mol. The van der Waals surface area contributed by atoms with Crippen molar-refractivity contribution in [2.45, 2.75) is 23.8 Å². The molecule has 3 heterocycles. The number of furan rings is 1. The first kappa shape index (κ1) is 21.5. The van der Waals surface area contributed by atoms with Crippen LogP contribution in [0.4, 0.5) is 0 Å². The molecule has 0 bridgehead atoms. The number of ether oxygens (including phenoxy) is 1. The van der Waals surface area contributed by atoms with Gasteiger partial charge in [-0.2, -0.15) is 0 Å². The molecule has 2 aliphatic heterocycles. The minimum atomic E-state index is -3.66. The highest BCUT2D eigenvalue weighted by Crippen LogP contribution is 2.16. The number of hydrogen-bond donors (Lipinski definition) is 1. The quantitative estimate of drug-likeness (QED) is 0.716. The first-order valence-electron chi connectivity index (χ1n) is 10.3. The lowest BCUT2D eigenvalue weighted by molar-refractivity contribution is 0.0518. The van der Waals surface area contributed by atoms with Crippen LogP contribution in [0.15, 0.2) is 52.0 Å². The van der Waals surface area contributed by atoms with Gasteiger partial charge in [0.2, 0.25) is 10.0 Å². The van der Waals surface area contributed by atoms with Crippen LogP contribution in [0.2, 0.25) is 0 Å². The normalized spacial score (nSPS) is 19.5. The third kappa shape index (κ3) is 4.97. The number of piperazine rings is 1. The summed E-state index contributed by atoms with van der Waals surface area (Å²) >= 11 is 0. The Labute approximate surface area is 181 Å². The predicted octanol–water partition coefficient (Wildman–Crippen LogP) is 1.34. The summed E-state index contributed by atoms with van der Waals surface area (Å²) in [7, 11) is -3.66. The number of rotatable bonds is 6. The van der Waals surface area contributed by atoms with Gasteiger partial charge < -0.3 is 19.0 Å². The fourth-order valence-corrected chi connectivity index (χ4v) is 4.79. The summed E-state index contributed by atoms with van der Waals surface area (Å²) in [6, 6.07) is 9.18. The lowest BCUT2D eigenvalue weighted by Crippen LogP contribution is -2.50. The van der Waals surface area contributed by atoms with Gasteiger partial charge in [0.25, 0.3) is 11.8 Å². The van der Waals surface area contributed by atoms with Crippen molar-refractivity contribution in [3.05, 3.63) is 54.0 Å². The zero-order valence-electron chi connectivity index (χ0n) is 17.0. The van der Waals surface area contributed by atoms with Crippen LogP contribution in [0, 0.1) is 0 Å². The van der Waals surface area contributed by atoms with E-state index in [-0.39, 0.29) is 35.1 Å². The van der Waals surface area contributed by atoms with Gasteiger partial charge in [-0.3, -0.25) is 9.59 Å². The molecule has 2 saturated heterocycles. The molecule has 166 valence electrons. The van der Waals surface area contributed by atoms with E-state index in [1.807, 2.05) is 0 Å². The van der Waals surface area contributed by atoms with Crippen molar-refractivity contribution in [1.29, 1.82) is 0 Å². The van der Waals surface area contributed by atoms with Crippen molar-refractivity contribution in [1.82, 2.24) is 14.5 Å². The summed E-state index contributed by atoms with van der Waals surface area (Å²) in [5.41, 5.74) is 0.406. The Morgan fingerprint density at radius 3 is 2.26 bits per heavy atom. The monoisotopic (exact) mass is 447 g/mol. The zero-order chi connectivity index (χ0) is 21.8. The van der Waals surface area contributed by atoms with Crippen LogP contribution in [0.1, 0.15) is 33.8 Å². The van der Waals surface area contributed by atoms with E-state index < -0.39 is 10.0 Å². The molecular weight excluding hydrogens is 422 g/mol. The molecule has 0 saturated carbocycles. The molecule has 0 radical (unpaired) electrons. The molecule has 31 heavy (non-hydrogen) atoms. The van der Waals surface area contributed by atoms with Gasteiger partial charge in [0.15, 0.2) is 5.76 Å². The molecule has 9 nitrogen and oxygen atoms in total. The van der Waals surface area contributed by atoms with Crippen LogP contribution in [0.3, 0.4) is 0 Å². The first-order valence-corrected chi connectivity index (χ1v) is 11.8. The topological polar surface area (TPSA) is 109 Å². The van der Waals surface area contributed by atoms with Crippen molar-refractivity contribution in [3.63, 3.8) is 0 Å². The predicted molar refractivity (Wildman–Crippen MR) is 111 cm³/mol. The van der Waals surface area contributed by atoms with Crippen molar-refractivity contribution in [2.75, 3.05) is 39.3 Å². The Balaban J connectivity index is 1.32. The minimum Gasteiger partial charge on any atom is -0.459 e. The molecule has 1 aromatic carbocycles. The van der Waals surface area contributed by atoms with E-state index in [4.69, 9.17) is 9.15 Å². The van der Waals surface area contributed by atoms with Crippen molar-refractivity contribution >= 4 is 21.8 Å². The molecule has 0 aliphatic carbocycles. The maximum Gasteiger partial charge on any atom is 0.289 e. The highest BCUT2D eigenvalue weighted by atomic mass is 32.2. The number of amides is 2. The summed E-state index contributed by atoms with van der Waals surface area (Å²) in [5, 5.41) is 0. The minimum absolute atomic E-state index is 0.0889. The van der Waals surface area contributed by atoms with Crippen LogP contribution >= 0.6 is 0 Å². The highest BCUT2D eigenvalue weighted by Gasteiger charge is 2.27. The van der Waals surface area contributed by atoms with Gasteiger partial charge in [0.05, 0.1) is 17.3 Å². The average Bonchev–Trinajstić information content (AvgIpc) is 3.51. The molecule has 1 unspecified atom stereocenters. The van der Waals surface area contributed by atoms with Gasteiger partial charge in [-0.15, -0.1) is 0 Å². The largest absolute Gasteiger partial charge is 0.459 e. The standard InChI is InChI=1S/C21H25N3O6S/c25-20(23-9-11-24(12-10-23)21(26)19-4-2-14-30-19)16-5-7-18(8-6-16)31(27,28)22-15-17-3-1-13-29-17/h2,4-8,14,17,22H,1,3,9-13,15H2. The summed E-state index contributed by atoms with van der Waals surface area (Å²) in [6.07, 6.45) is 3.15. The van der Waals surface area contributed by atoms with Crippen LogP contribution < -0.4 is 4.72 Å². The summed E-state index contributed by atoms with van der Waals surface area (Å²) in [5.74, 6) is -0.104. The fraction of sp³-hybridized carbons (Fsp3) is 0.429. The van der Waals surface area contributed by atoms with E-state index in [2.05, 4.69) is 4.72 Å². The number of carbonyl (C=O) groups is 2. The van der Waals surface area contributed by atoms with Crippen molar-refractivity contribution < 1.29 is 27.2 Å². The number of nitrogens with one attached hydrogen (secondary N) is 1. The van der Waals surface area contributed by atoms with Crippen LogP contribution in [0.5, 0.6) is 0 Å². The fourth-order valence-electron chi connectivity index (χ4n) is 3.72. The summed E-state index contributed by atoms with van der Waals surface area (Å²) < 4.78 is 38.1. The molecular formula is C21H25N3O6S. The zero-order valence-corrected chi connectivity index (χ0v) is 17.8. The molecule has 10 heteroatoms. The van der Waals surface area contributed by atoms with Gasteiger partial charge in [-0.25, -0.2) is 13.1 Å². The summed E-state index contributed by atoms with van der Waals surface area (Å²) in [4.78, 5) is 28.5. The Hall–Kier alpha value is -2.69. The molecule has 2 fully saturated rings. The van der Waals surface area contributed by atoms with E-state index in [1.165, 1.54) is 30.5 Å². The molecule has 0 spiro atoms. The van der Waals surface area contributed by atoms with E-state index >= 15 is 0 Å². The van der Waals surface area contributed by atoms with E-state index in [9.17, 15) is 18.0 Å². The Morgan fingerprint density at radius 2 is 1.68 bits per heavy atom. The Bertz CT molecular complexity index is 1010. The van der Waals surface area contributed by atoms with Gasteiger partial charge >= 0.3 is 0 Å². The summed E-state index contributed by atoms with van der Waals surface area (Å²) in [6.45, 7) is 2.51. The molecule has 1 N–H and O–H groups in total. The SMILES string of the molecule is O=C(c1ccc(S(=O)(=O)NCC2CCCO2)cc1)N1CCN(C(=O)c2ccco2)CC1. The third-order valence-electron chi connectivity index (χ3n) is 5.52. The smallest absolute Gasteiger partial charge is 0.289 e.